The van der Waals surface area contributed by atoms with E-state index in [0.29, 0.717) is 49.2 Å². The molecule has 7 heteroatoms. The van der Waals surface area contributed by atoms with Gasteiger partial charge in [0, 0.05) is 26.1 Å². The number of amides is 2. The number of carbonyl (C=O) groups excluding carboxylic acids is 2. The zero-order valence-electron chi connectivity index (χ0n) is 14.3. The number of hydrogen-bond donors (Lipinski definition) is 1. The zero-order chi connectivity index (χ0) is 17.5. The van der Waals surface area contributed by atoms with Gasteiger partial charge in [-0.1, -0.05) is 0 Å². The molecule has 0 aliphatic carbocycles. The molecule has 0 saturated carbocycles. The minimum atomic E-state index is -0.190. The van der Waals surface area contributed by atoms with Crippen LogP contribution in [0.1, 0.15) is 31.7 Å². The molecule has 0 aromatic carbocycles. The van der Waals surface area contributed by atoms with E-state index in [9.17, 15) is 9.59 Å². The molecule has 24 heavy (non-hydrogen) atoms. The van der Waals surface area contributed by atoms with Gasteiger partial charge < -0.3 is 19.1 Å². The molecule has 7 nitrogen and oxygen atoms in total. The summed E-state index contributed by atoms with van der Waals surface area (Å²) in [7, 11) is 0. The number of nitrogens with one attached hydrogen (secondary N) is 1. The van der Waals surface area contributed by atoms with Crippen LogP contribution in [-0.4, -0.2) is 41.3 Å². The molecule has 2 rings (SSSR count). The first-order valence-corrected chi connectivity index (χ1v) is 8.09. The van der Waals surface area contributed by atoms with Gasteiger partial charge in [0.25, 0.3) is 5.89 Å². The number of rotatable bonds is 8. The van der Waals surface area contributed by atoms with E-state index in [1.165, 1.54) is 6.26 Å². The van der Waals surface area contributed by atoms with Gasteiger partial charge >= 0.3 is 0 Å². The maximum absolute atomic E-state index is 12.0. The Hall–Kier alpha value is -2.57. The van der Waals surface area contributed by atoms with Crippen molar-refractivity contribution in [3.8, 4) is 11.7 Å². The third-order valence-electron chi connectivity index (χ3n) is 3.73. The fourth-order valence-electron chi connectivity index (χ4n) is 2.36. The Morgan fingerprint density at radius 1 is 1.29 bits per heavy atom. The minimum Gasteiger partial charge on any atom is -0.459 e. The molecule has 130 valence electrons. The van der Waals surface area contributed by atoms with Crippen LogP contribution >= 0.6 is 0 Å². The summed E-state index contributed by atoms with van der Waals surface area (Å²) in [6.07, 6.45) is 1.94. The Kier molecular flexibility index (Phi) is 6.17. The summed E-state index contributed by atoms with van der Waals surface area (Å²) >= 11 is 0. The predicted molar refractivity (Wildman–Crippen MR) is 88.2 cm³/mol. The second-order valence-electron chi connectivity index (χ2n) is 5.34. The van der Waals surface area contributed by atoms with Gasteiger partial charge in [-0.25, -0.2) is 4.98 Å². The van der Waals surface area contributed by atoms with E-state index >= 15 is 0 Å². The maximum Gasteiger partial charge on any atom is 0.263 e. The van der Waals surface area contributed by atoms with Crippen molar-refractivity contribution in [1.82, 2.24) is 15.2 Å². The molecule has 0 unspecified atom stereocenters. The van der Waals surface area contributed by atoms with Crippen LogP contribution in [0.2, 0.25) is 0 Å². The summed E-state index contributed by atoms with van der Waals surface area (Å²) in [5, 5.41) is 2.74. The van der Waals surface area contributed by atoms with Crippen molar-refractivity contribution in [3.63, 3.8) is 0 Å². The monoisotopic (exact) mass is 333 g/mol. The first-order chi connectivity index (χ1) is 11.5. The van der Waals surface area contributed by atoms with Gasteiger partial charge in [0.2, 0.25) is 11.8 Å². The van der Waals surface area contributed by atoms with E-state index in [1.807, 2.05) is 13.8 Å². The van der Waals surface area contributed by atoms with E-state index in [2.05, 4.69) is 10.3 Å². The fourth-order valence-corrected chi connectivity index (χ4v) is 2.36. The lowest BCUT2D eigenvalue weighted by Crippen LogP contribution is -2.34. The molecule has 0 atom stereocenters. The number of carbonyl (C=O) groups is 2. The van der Waals surface area contributed by atoms with Gasteiger partial charge in [-0.15, -0.1) is 0 Å². The van der Waals surface area contributed by atoms with Crippen LogP contribution in [0.3, 0.4) is 0 Å². The van der Waals surface area contributed by atoms with Crippen molar-refractivity contribution in [3.05, 3.63) is 29.9 Å². The van der Waals surface area contributed by atoms with E-state index in [-0.39, 0.29) is 18.2 Å². The first kappa shape index (κ1) is 17.8. The molecular weight excluding hydrogens is 310 g/mol. The Labute approximate surface area is 141 Å². The highest BCUT2D eigenvalue weighted by atomic mass is 16.4. The summed E-state index contributed by atoms with van der Waals surface area (Å²) in [5.74, 6) is 1.31. The minimum absolute atomic E-state index is 0.0398. The van der Waals surface area contributed by atoms with E-state index in [1.54, 1.807) is 24.0 Å². The Morgan fingerprint density at radius 3 is 2.67 bits per heavy atom. The van der Waals surface area contributed by atoms with Gasteiger partial charge in [0.15, 0.2) is 5.76 Å². The van der Waals surface area contributed by atoms with E-state index < -0.39 is 0 Å². The third kappa shape index (κ3) is 4.47. The van der Waals surface area contributed by atoms with E-state index in [4.69, 9.17) is 8.83 Å². The second-order valence-corrected chi connectivity index (χ2v) is 5.34. The van der Waals surface area contributed by atoms with Crippen molar-refractivity contribution in [1.29, 1.82) is 0 Å². The quantitative estimate of drug-likeness (QED) is 0.800. The van der Waals surface area contributed by atoms with Crippen molar-refractivity contribution >= 4 is 11.8 Å². The third-order valence-corrected chi connectivity index (χ3v) is 3.73. The molecule has 0 saturated heterocycles. The molecule has 1 N–H and O–H groups in total. The smallest absolute Gasteiger partial charge is 0.263 e. The van der Waals surface area contributed by atoms with Crippen LogP contribution in [0.15, 0.2) is 27.2 Å². The zero-order valence-corrected chi connectivity index (χ0v) is 14.3. The van der Waals surface area contributed by atoms with Gasteiger partial charge in [-0.2, -0.15) is 0 Å². The number of aryl methyl sites for hydroxylation is 1. The Bertz CT molecular complexity index is 672. The lowest BCUT2D eigenvalue weighted by atomic mass is 10.2. The predicted octanol–water partition coefficient (Wildman–Crippen LogP) is 2.16. The largest absolute Gasteiger partial charge is 0.459 e. The molecule has 2 amide bonds. The lowest BCUT2D eigenvalue weighted by molar-refractivity contribution is -0.130. The average molecular weight is 333 g/mol. The lowest BCUT2D eigenvalue weighted by Gasteiger charge is -2.18. The number of hydrogen-bond acceptors (Lipinski definition) is 5. The molecule has 0 spiro atoms. The van der Waals surface area contributed by atoms with Crippen LogP contribution in [0, 0.1) is 6.92 Å². The highest BCUT2D eigenvalue weighted by Gasteiger charge is 2.16. The highest BCUT2D eigenvalue weighted by molar-refractivity contribution is 5.80. The Morgan fingerprint density at radius 2 is 2.04 bits per heavy atom. The topological polar surface area (TPSA) is 88.6 Å². The standard InChI is InChI=1S/C17H23N3O4/c1-4-20(5-2)16(22)8-9-18-15(21)11-13-12(3)24-17(19-13)14-7-6-10-23-14/h6-7,10H,4-5,8-9,11H2,1-3H3,(H,18,21). The average Bonchev–Trinajstić information content (AvgIpc) is 3.19. The normalized spacial score (nSPS) is 10.6. The molecule has 0 aliphatic rings. The molecule has 2 aromatic heterocycles. The maximum atomic E-state index is 12.0. The molecule has 2 heterocycles. The fraction of sp³-hybridized carbons (Fsp3) is 0.471. The second kappa shape index (κ2) is 8.33. The van der Waals surface area contributed by atoms with Crippen molar-refractivity contribution < 1.29 is 18.4 Å². The molecule has 2 aromatic rings. The summed E-state index contributed by atoms with van der Waals surface area (Å²) in [6.45, 7) is 7.30. The molecule has 0 aliphatic heterocycles. The van der Waals surface area contributed by atoms with Gasteiger partial charge in [-0.3, -0.25) is 9.59 Å². The van der Waals surface area contributed by atoms with Crippen molar-refractivity contribution in [2.75, 3.05) is 19.6 Å². The SMILES string of the molecule is CCN(CC)C(=O)CCNC(=O)Cc1nc(-c2ccco2)oc1C. The van der Waals surface area contributed by atoms with E-state index in [0.717, 1.165) is 0 Å². The van der Waals surface area contributed by atoms with Crippen LogP contribution in [0.25, 0.3) is 11.7 Å². The molecule has 0 fully saturated rings. The molecular formula is C17H23N3O4. The van der Waals surface area contributed by atoms with Crippen LogP contribution in [0.5, 0.6) is 0 Å². The number of aromatic nitrogens is 1. The highest BCUT2D eigenvalue weighted by Crippen LogP contribution is 2.22. The van der Waals surface area contributed by atoms with Gasteiger partial charge in [0.05, 0.1) is 18.4 Å². The summed E-state index contributed by atoms with van der Waals surface area (Å²) in [4.78, 5) is 29.9. The Balaban J connectivity index is 1.84. The summed E-state index contributed by atoms with van der Waals surface area (Å²) in [5.41, 5.74) is 0.564. The first-order valence-electron chi connectivity index (χ1n) is 8.09. The van der Waals surface area contributed by atoms with Gasteiger partial charge in [-0.05, 0) is 32.9 Å². The van der Waals surface area contributed by atoms with Crippen molar-refractivity contribution in [2.45, 2.75) is 33.6 Å². The molecule has 0 bridgehead atoms. The van der Waals surface area contributed by atoms with Gasteiger partial charge in [0.1, 0.15) is 5.76 Å². The van der Waals surface area contributed by atoms with Crippen LogP contribution < -0.4 is 5.32 Å². The number of furan rings is 1. The number of nitrogens with zero attached hydrogens (tertiary/aromatic N) is 2. The summed E-state index contributed by atoms with van der Waals surface area (Å²) in [6, 6.07) is 3.49. The summed E-state index contributed by atoms with van der Waals surface area (Å²) < 4.78 is 10.7. The number of oxazole rings is 1. The molecule has 0 radical (unpaired) electrons. The van der Waals surface area contributed by atoms with Crippen LogP contribution in [-0.2, 0) is 16.0 Å². The van der Waals surface area contributed by atoms with Crippen LogP contribution in [0.4, 0.5) is 0 Å². The van der Waals surface area contributed by atoms with Crippen molar-refractivity contribution in [2.24, 2.45) is 0 Å².